The number of hydrogen-bond donors (Lipinski definition) is 0. The molecule has 0 atom stereocenters. The molecule has 0 spiro atoms. The van der Waals surface area contributed by atoms with Crippen LogP contribution in [0.1, 0.15) is 12.5 Å². The number of fused-ring (bicyclic) bond motifs is 1. The molecule has 1 heterocycles. The van der Waals surface area contributed by atoms with Gasteiger partial charge in [0.1, 0.15) is 0 Å². The maximum Gasteiger partial charge on any atom is 0.0442 e. The maximum atomic E-state index is 2.27. The third-order valence-corrected chi connectivity index (χ3v) is 4.74. The second-order valence-electron chi connectivity index (χ2n) is 5.27. The Morgan fingerprint density at radius 1 is 1.00 bits per heavy atom. The van der Waals surface area contributed by atoms with E-state index in [0.29, 0.717) is 0 Å². The smallest absolute Gasteiger partial charge is 0.0442 e. The van der Waals surface area contributed by atoms with Crippen LogP contribution in [0.3, 0.4) is 0 Å². The fraction of sp³-hybridized carbons (Fsp3) is 0.158. The van der Waals surface area contributed by atoms with Crippen LogP contribution in [0, 0.1) is 0 Å². The average Bonchev–Trinajstić information content (AvgIpc) is 2.93. The van der Waals surface area contributed by atoms with E-state index in [9.17, 15) is 0 Å². The number of halogens is 1. The van der Waals surface area contributed by atoms with Crippen molar-refractivity contribution in [3.05, 3.63) is 65.6 Å². The Hall–Kier alpha value is -1.77. The van der Waals surface area contributed by atoms with Gasteiger partial charge in [-0.15, -0.1) is 23.7 Å². The summed E-state index contributed by atoms with van der Waals surface area (Å²) in [6, 6.07) is 17.2. The molecule has 0 aliphatic rings. The van der Waals surface area contributed by atoms with Gasteiger partial charge in [-0.05, 0) is 17.9 Å². The van der Waals surface area contributed by atoms with Gasteiger partial charge in [0.05, 0.1) is 0 Å². The van der Waals surface area contributed by atoms with Crippen LogP contribution < -0.4 is 0 Å². The minimum Gasteiger partial charge on any atom is -0.377 e. The van der Waals surface area contributed by atoms with Gasteiger partial charge in [0, 0.05) is 41.0 Å². The summed E-state index contributed by atoms with van der Waals surface area (Å²) in [5.74, 6) is 0. The average molecular weight is 330 g/mol. The summed E-state index contributed by atoms with van der Waals surface area (Å²) < 4.78 is 1.36. The molecule has 1 nitrogen and oxygen atoms in total. The molecule has 22 heavy (non-hydrogen) atoms. The van der Waals surface area contributed by atoms with Crippen molar-refractivity contribution >= 4 is 39.5 Å². The van der Waals surface area contributed by atoms with Crippen LogP contribution in [-0.2, 0) is 0 Å². The Morgan fingerprint density at radius 3 is 2.36 bits per heavy atom. The zero-order chi connectivity index (χ0) is 14.8. The predicted octanol–water partition coefficient (Wildman–Crippen LogP) is 5.91. The van der Waals surface area contributed by atoms with E-state index in [4.69, 9.17) is 0 Å². The van der Waals surface area contributed by atoms with Crippen LogP contribution in [0.25, 0.3) is 26.9 Å². The number of benzene rings is 2. The predicted molar refractivity (Wildman–Crippen MR) is 102 cm³/mol. The molecule has 0 radical (unpaired) electrons. The fourth-order valence-corrected chi connectivity index (χ4v) is 3.86. The van der Waals surface area contributed by atoms with Gasteiger partial charge in [0.15, 0.2) is 0 Å². The van der Waals surface area contributed by atoms with Crippen molar-refractivity contribution in [3.63, 3.8) is 0 Å². The number of hydrogen-bond acceptors (Lipinski definition) is 2. The lowest BCUT2D eigenvalue weighted by Crippen LogP contribution is -2.09. The molecule has 114 valence electrons. The lowest BCUT2D eigenvalue weighted by Gasteiger charge is -2.18. The molecule has 0 unspecified atom stereocenters. The van der Waals surface area contributed by atoms with Crippen LogP contribution in [0.5, 0.6) is 0 Å². The van der Waals surface area contributed by atoms with Crippen molar-refractivity contribution in [2.75, 3.05) is 14.1 Å². The van der Waals surface area contributed by atoms with E-state index in [1.54, 1.807) is 0 Å². The Morgan fingerprint density at radius 2 is 1.73 bits per heavy atom. The lowest BCUT2D eigenvalue weighted by molar-refractivity contribution is 0.592. The highest BCUT2D eigenvalue weighted by atomic mass is 35.5. The fourth-order valence-electron chi connectivity index (χ4n) is 2.75. The molecule has 3 aromatic rings. The van der Waals surface area contributed by atoms with E-state index in [1.807, 2.05) is 11.3 Å². The first kappa shape index (κ1) is 16.6. The molecule has 0 bridgehead atoms. The molecule has 0 N–H and O–H groups in total. The Kier molecular flexibility index (Phi) is 5.28. The van der Waals surface area contributed by atoms with E-state index in [-0.39, 0.29) is 12.4 Å². The van der Waals surface area contributed by atoms with Gasteiger partial charge in [0.2, 0.25) is 0 Å². The summed E-state index contributed by atoms with van der Waals surface area (Å²) in [4.78, 5) is 2.18. The Balaban J connectivity index is 0.00000176. The van der Waals surface area contributed by atoms with Crippen molar-refractivity contribution in [2.24, 2.45) is 0 Å². The van der Waals surface area contributed by atoms with Crippen molar-refractivity contribution < 1.29 is 0 Å². The van der Waals surface area contributed by atoms with Crippen LogP contribution in [-0.4, -0.2) is 19.0 Å². The summed E-state index contributed by atoms with van der Waals surface area (Å²) in [5.41, 5.74) is 5.19. The number of thiophene rings is 1. The van der Waals surface area contributed by atoms with Gasteiger partial charge in [0.25, 0.3) is 0 Å². The molecule has 3 rings (SSSR count). The van der Waals surface area contributed by atoms with Crippen molar-refractivity contribution in [1.29, 1.82) is 0 Å². The summed E-state index contributed by atoms with van der Waals surface area (Å²) in [6.07, 6.45) is 2.18. The van der Waals surface area contributed by atoms with Crippen molar-refractivity contribution in [2.45, 2.75) is 6.92 Å². The zero-order valence-corrected chi connectivity index (χ0v) is 14.7. The van der Waals surface area contributed by atoms with Crippen molar-refractivity contribution in [1.82, 2.24) is 4.90 Å². The maximum absolute atomic E-state index is 2.27. The van der Waals surface area contributed by atoms with Gasteiger partial charge in [-0.25, -0.2) is 0 Å². The summed E-state index contributed by atoms with van der Waals surface area (Å²) in [7, 11) is 4.19. The third-order valence-electron chi connectivity index (χ3n) is 3.72. The summed E-state index contributed by atoms with van der Waals surface area (Å²) in [6.45, 7) is 2.10. The molecule has 0 aliphatic carbocycles. The third kappa shape index (κ3) is 2.90. The largest absolute Gasteiger partial charge is 0.377 e. The van der Waals surface area contributed by atoms with Gasteiger partial charge < -0.3 is 4.90 Å². The molecular weight excluding hydrogens is 310 g/mol. The van der Waals surface area contributed by atoms with E-state index in [0.717, 1.165) is 0 Å². The summed E-state index contributed by atoms with van der Waals surface area (Å²) >= 11 is 1.83. The molecule has 0 fully saturated rings. The normalized spacial score (nSPS) is 11.3. The Labute approximate surface area is 142 Å². The van der Waals surface area contributed by atoms with Gasteiger partial charge in [-0.3, -0.25) is 0 Å². The summed E-state index contributed by atoms with van der Waals surface area (Å²) in [5, 5.41) is 3.61. The SMILES string of the molecule is C/C=C(/c1cccc2c(-c3ccccc3)csc12)N(C)C.Cl. The first-order valence-corrected chi connectivity index (χ1v) is 8.00. The molecule has 2 aromatic carbocycles. The second-order valence-corrected chi connectivity index (χ2v) is 6.15. The molecule has 3 heteroatoms. The minimum absolute atomic E-state index is 0. The highest BCUT2D eigenvalue weighted by Crippen LogP contribution is 2.38. The van der Waals surface area contributed by atoms with Crippen LogP contribution >= 0.6 is 23.7 Å². The standard InChI is InChI=1S/C19H19NS.ClH/c1-4-18(20(2)3)16-12-8-11-15-17(13-21-19(15)16)14-9-6-5-7-10-14;/h4-13H,1-3H3;1H/b18-4-;. The van der Waals surface area contributed by atoms with Crippen LogP contribution in [0.4, 0.5) is 0 Å². The number of rotatable bonds is 3. The molecular formula is C19H20ClNS. The molecule has 0 saturated heterocycles. The number of allylic oxidation sites excluding steroid dienone is 1. The lowest BCUT2D eigenvalue weighted by atomic mass is 10.0. The van der Waals surface area contributed by atoms with Crippen molar-refractivity contribution in [3.8, 4) is 11.1 Å². The monoisotopic (exact) mass is 329 g/mol. The van der Waals surface area contributed by atoms with E-state index in [2.05, 4.69) is 85.9 Å². The van der Waals surface area contributed by atoms with Crippen LogP contribution in [0.15, 0.2) is 60.0 Å². The zero-order valence-electron chi connectivity index (χ0n) is 13.0. The van der Waals surface area contributed by atoms with E-state index in [1.165, 1.54) is 32.5 Å². The quantitative estimate of drug-likeness (QED) is 0.577. The van der Waals surface area contributed by atoms with Gasteiger partial charge >= 0.3 is 0 Å². The highest BCUT2D eigenvalue weighted by Gasteiger charge is 2.12. The molecule has 0 saturated carbocycles. The second kappa shape index (κ2) is 6.99. The van der Waals surface area contributed by atoms with Crippen LogP contribution in [0.2, 0.25) is 0 Å². The Bertz CT molecular complexity index is 788. The first-order chi connectivity index (χ1) is 10.2. The van der Waals surface area contributed by atoms with E-state index < -0.39 is 0 Å². The van der Waals surface area contributed by atoms with Gasteiger partial charge in [-0.1, -0.05) is 54.6 Å². The molecule has 1 aromatic heterocycles. The minimum atomic E-state index is 0. The molecule has 0 amide bonds. The number of nitrogens with zero attached hydrogens (tertiary/aromatic N) is 1. The first-order valence-electron chi connectivity index (χ1n) is 7.12. The highest BCUT2D eigenvalue weighted by molar-refractivity contribution is 7.18. The molecule has 0 aliphatic heterocycles. The topological polar surface area (TPSA) is 3.24 Å². The van der Waals surface area contributed by atoms with E-state index >= 15 is 0 Å². The van der Waals surface area contributed by atoms with Gasteiger partial charge in [-0.2, -0.15) is 0 Å².